The van der Waals surface area contributed by atoms with Gasteiger partial charge in [0.2, 0.25) is 15.9 Å². The van der Waals surface area contributed by atoms with E-state index in [1.54, 1.807) is 69.3 Å². The molecule has 0 aliphatic carbocycles. The number of sulfonamides is 1. The Bertz CT molecular complexity index is 872. The lowest BCUT2D eigenvalue weighted by Crippen LogP contribution is -2.40. The van der Waals surface area contributed by atoms with Crippen LogP contribution in [0.15, 0.2) is 53.4 Å². The van der Waals surface area contributed by atoms with Gasteiger partial charge in [0.25, 0.3) is 0 Å². The first kappa shape index (κ1) is 20.4. The molecule has 0 bridgehead atoms. The largest absolute Gasteiger partial charge is 0.325 e. The van der Waals surface area contributed by atoms with E-state index < -0.39 is 15.6 Å². The highest BCUT2D eigenvalue weighted by atomic mass is 35.5. The van der Waals surface area contributed by atoms with Gasteiger partial charge in [0.1, 0.15) is 0 Å². The summed E-state index contributed by atoms with van der Waals surface area (Å²) in [6, 6.07) is 13.6. The van der Waals surface area contributed by atoms with Crippen LogP contribution in [0.4, 0.5) is 5.69 Å². The van der Waals surface area contributed by atoms with Gasteiger partial charge in [-0.25, -0.2) is 13.1 Å². The molecule has 0 atom stereocenters. The fraction of sp³-hybridized carbons (Fsp3) is 0.316. The number of halogens is 1. The zero-order valence-corrected chi connectivity index (χ0v) is 16.6. The van der Waals surface area contributed by atoms with Crippen molar-refractivity contribution in [2.75, 3.05) is 5.32 Å². The Hall–Kier alpha value is -1.89. The van der Waals surface area contributed by atoms with Crippen LogP contribution < -0.4 is 10.0 Å². The summed E-state index contributed by atoms with van der Waals surface area (Å²) in [6.07, 6.45) is 0.779. The fourth-order valence-corrected chi connectivity index (χ4v) is 3.93. The van der Waals surface area contributed by atoms with E-state index in [1.165, 1.54) is 0 Å². The molecule has 2 aromatic rings. The fourth-order valence-electron chi connectivity index (χ4n) is 2.33. The summed E-state index contributed by atoms with van der Waals surface area (Å²) in [5.74, 6) is -0.149. The highest BCUT2D eigenvalue weighted by Crippen LogP contribution is 2.21. The van der Waals surface area contributed by atoms with Gasteiger partial charge in [-0.15, -0.1) is 0 Å². The van der Waals surface area contributed by atoms with Crippen LogP contribution in [0.3, 0.4) is 0 Å². The number of carbonyl (C=O) groups excluding carboxylic acids is 1. The summed E-state index contributed by atoms with van der Waals surface area (Å²) < 4.78 is 27.2. The molecule has 0 aliphatic heterocycles. The van der Waals surface area contributed by atoms with Crippen molar-refractivity contribution in [2.45, 2.75) is 44.0 Å². The van der Waals surface area contributed by atoms with Crippen LogP contribution in [0, 0.1) is 0 Å². The average Bonchev–Trinajstić information content (AvgIpc) is 2.53. The standard InChI is InChI=1S/C19H23ClN2O3S/c1-19(2,3)22-26(24,25)15-11-8-14(9-12-15)10-13-18(23)21-17-7-5-4-6-16(17)20/h4-9,11-12,22H,10,13H2,1-3H3,(H,21,23). The maximum atomic E-state index is 12.3. The molecule has 26 heavy (non-hydrogen) atoms. The molecule has 0 saturated heterocycles. The zero-order valence-electron chi connectivity index (χ0n) is 15.0. The molecular weight excluding hydrogens is 372 g/mol. The van der Waals surface area contributed by atoms with Crippen LogP contribution in [0.1, 0.15) is 32.8 Å². The van der Waals surface area contributed by atoms with Gasteiger partial charge in [0.05, 0.1) is 15.6 Å². The topological polar surface area (TPSA) is 75.3 Å². The highest BCUT2D eigenvalue weighted by Gasteiger charge is 2.21. The van der Waals surface area contributed by atoms with Crippen molar-refractivity contribution in [2.24, 2.45) is 0 Å². The molecule has 7 heteroatoms. The van der Waals surface area contributed by atoms with Crippen molar-refractivity contribution in [3.8, 4) is 0 Å². The maximum absolute atomic E-state index is 12.3. The normalized spacial score (nSPS) is 12.0. The Morgan fingerprint density at radius 3 is 2.23 bits per heavy atom. The molecule has 0 unspecified atom stereocenters. The van der Waals surface area contributed by atoms with Crippen molar-refractivity contribution >= 4 is 33.2 Å². The third-order valence-electron chi connectivity index (χ3n) is 3.46. The number of anilines is 1. The Kier molecular flexibility index (Phi) is 6.44. The molecule has 0 spiro atoms. The Balaban J connectivity index is 1.95. The molecule has 0 fully saturated rings. The molecule has 5 nitrogen and oxygen atoms in total. The predicted octanol–water partition coefficient (Wildman–Crippen LogP) is 3.99. The van der Waals surface area contributed by atoms with Crippen LogP contribution in [0.25, 0.3) is 0 Å². The zero-order chi connectivity index (χ0) is 19.4. The minimum absolute atomic E-state index is 0.149. The summed E-state index contributed by atoms with van der Waals surface area (Å²) >= 11 is 6.01. The van der Waals surface area contributed by atoms with Crippen molar-refractivity contribution in [3.05, 3.63) is 59.1 Å². The van der Waals surface area contributed by atoms with Crippen LogP contribution in [0.2, 0.25) is 5.02 Å². The molecule has 0 radical (unpaired) electrons. The third-order valence-corrected chi connectivity index (χ3v) is 5.57. The number of nitrogens with one attached hydrogen (secondary N) is 2. The first-order chi connectivity index (χ1) is 12.1. The number of hydrogen-bond acceptors (Lipinski definition) is 3. The number of benzene rings is 2. The molecule has 2 rings (SSSR count). The van der Waals surface area contributed by atoms with Gasteiger partial charge < -0.3 is 5.32 Å². The molecule has 0 heterocycles. The summed E-state index contributed by atoms with van der Waals surface area (Å²) in [6.45, 7) is 5.36. The van der Waals surface area contributed by atoms with Crippen LogP contribution in [-0.2, 0) is 21.2 Å². The monoisotopic (exact) mass is 394 g/mol. The van der Waals surface area contributed by atoms with Crippen molar-refractivity contribution in [3.63, 3.8) is 0 Å². The van der Waals surface area contributed by atoms with E-state index in [0.717, 1.165) is 5.56 Å². The quantitative estimate of drug-likeness (QED) is 0.777. The van der Waals surface area contributed by atoms with Crippen molar-refractivity contribution in [1.82, 2.24) is 4.72 Å². The second kappa shape index (κ2) is 8.20. The van der Waals surface area contributed by atoms with Crippen LogP contribution in [0.5, 0.6) is 0 Å². The number of carbonyl (C=O) groups is 1. The van der Waals surface area contributed by atoms with Gasteiger partial charge in [0.15, 0.2) is 0 Å². The molecule has 140 valence electrons. The first-order valence-corrected chi connectivity index (χ1v) is 10.1. The SMILES string of the molecule is CC(C)(C)NS(=O)(=O)c1ccc(CCC(=O)Nc2ccccc2Cl)cc1. The second-order valence-corrected chi connectivity index (χ2v) is 9.12. The number of aryl methyl sites for hydroxylation is 1. The number of para-hydroxylation sites is 1. The summed E-state index contributed by atoms with van der Waals surface area (Å²) in [5, 5.41) is 3.25. The van der Waals surface area contributed by atoms with Gasteiger partial charge in [-0.1, -0.05) is 35.9 Å². The molecule has 0 aromatic heterocycles. The summed E-state index contributed by atoms with van der Waals surface area (Å²) in [7, 11) is -3.56. The van der Waals surface area contributed by atoms with Gasteiger partial charge in [0, 0.05) is 12.0 Å². The molecule has 2 N–H and O–H groups in total. The van der Waals surface area contributed by atoms with Gasteiger partial charge in [-0.05, 0) is 57.0 Å². The average molecular weight is 395 g/mol. The van der Waals surface area contributed by atoms with E-state index in [9.17, 15) is 13.2 Å². The Morgan fingerprint density at radius 1 is 1.04 bits per heavy atom. The van der Waals surface area contributed by atoms with Gasteiger partial charge >= 0.3 is 0 Å². The summed E-state index contributed by atoms with van der Waals surface area (Å²) in [4.78, 5) is 12.3. The molecule has 2 aromatic carbocycles. The molecular formula is C19H23ClN2O3S. The summed E-state index contributed by atoms with van der Waals surface area (Å²) in [5.41, 5.74) is 0.914. The lowest BCUT2D eigenvalue weighted by atomic mass is 10.1. The lowest BCUT2D eigenvalue weighted by molar-refractivity contribution is -0.116. The van der Waals surface area contributed by atoms with Gasteiger partial charge in [-0.3, -0.25) is 4.79 Å². The van der Waals surface area contributed by atoms with E-state index in [4.69, 9.17) is 11.6 Å². The van der Waals surface area contributed by atoms with E-state index in [2.05, 4.69) is 10.0 Å². The molecule has 1 amide bonds. The molecule has 0 aliphatic rings. The van der Waals surface area contributed by atoms with Gasteiger partial charge in [-0.2, -0.15) is 0 Å². The number of hydrogen-bond donors (Lipinski definition) is 2. The minimum Gasteiger partial charge on any atom is -0.325 e. The second-order valence-electron chi connectivity index (χ2n) is 7.03. The van der Waals surface area contributed by atoms with E-state index in [1.807, 2.05) is 0 Å². The number of rotatable bonds is 6. The van der Waals surface area contributed by atoms with E-state index >= 15 is 0 Å². The van der Waals surface area contributed by atoms with E-state index in [-0.39, 0.29) is 17.2 Å². The first-order valence-electron chi connectivity index (χ1n) is 8.24. The van der Waals surface area contributed by atoms with E-state index in [0.29, 0.717) is 17.1 Å². The number of amides is 1. The lowest BCUT2D eigenvalue weighted by Gasteiger charge is -2.20. The third kappa shape index (κ3) is 6.12. The smallest absolute Gasteiger partial charge is 0.241 e. The highest BCUT2D eigenvalue weighted by molar-refractivity contribution is 7.89. The predicted molar refractivity (Wildman–Crippen MR) is 105 cm³/mol. The Labute approximate surface area is 159 Å². The van der Waals surface area contributed by atoms with Crippen LogP contribution in [-0.4, -0.2) is 19.9 Å². The van der Waals surface area contributed by atoms with Crippen molar-refractivity contribution < 1.29 is 13.2 Å². The Morgan fingerprint density at radius 2 is 1.65 bits per heavy atom. The maximum Gasteiger partial charge on any atom is 0.241 e. The van der Waals surface area contributed by atoms with Crippen LogP contribution >= 0.6 is 11.6 Å². The minimum atomic E-state index is -3.56. The molecule has 0 saturated carbocycles. The van der Waals surface area contributed by atoms with Crippen molar-refractivity contribution in [1.29, 1.82) is 0 Å².